The molecule has 3 fully saturated rings. The van der Waals surface area contributed by atoms with Gasteiger partial charge in [0.05, 0.1) is 11.9 Å². The predicted molar refractivity (Wildman–Crippen MR) is 125 cm³/mol. The molecule has 6 nitrogen and oxygen atoms in total. The fraction of sp³-hybridized carbons (Fsp3) is 0.615. The third-order valence-electron chi connectivity index (χ3n) is 9.21. The molecule has 0 aliphatic heterocycles. The number of carbonyl (C=O) groups is 2. The number of rotatable bonds is 4. The lowest BCUT2D eigenvalue weighted by Gasteiger charge is -2.59. The third kappa shape index (κ3) is 3.38. The Bertz CT molecular complexity index is 1070. The lowest BCUT2D eigenvalue weighted by molar-refractivity contribution is -0.174. The van der Waals surface area contributed by atoms with Crippen molar-refractivity contribution in [2.75, 3.05) is 5.75 Å². The number of aliphatic hydroxyl groups is 2. The van der Waals surface area contributed by atoms with Gasteiger partial charge in [0.2, 0.25) is 0 Å². The molecule has 33 heavy (non-hydrogen) atoms. The molecule has 1 heterocycles. The maximum atomic E-state index is 13.4. The Labute approximate surface area is 199 Å². The molecule has 0 spiro atoms. The van der Waals surface area contributed by atoms with Crippen molar-refractivity contribution in [3.8, 4) is 0 Å². The van der Waals surface area contributed by atoms with Crippen LogP contribution in [-0.2, 0) is 9.59 Å². The minimum absolute atomic E-state index is 0.00699. The number of aromatic nitrogens is 2. The van der Waals surface area contributed by atoms with Gasteiger partial charge in [-0.3, -0.25) is 9.59 Å². The van der Waals surface area contributed by atoms with Gasteiger partial charge in [0.25, 0.3) is 0 Å². The van der Waals surface area contributed by atoms with Crippen molar-refractivity contribution in [3.05, 3.63) is 41.8 Å². The molecule has 1 aromatic heterocycles. The summed E-state index contributed by atoms with van der Waals surface area (Å²) < 4.78 is 0. The molecular formula is C26H32N2O4S. The van der Waals surface area contributed by atoms with E-state index < -0.39 is 17.1 Å². The summed E-state index contributed by atoms with van der Waals surface area (Å²) in [6.07, 6.45) is 9.67. The number of allylic oxidation sites excluding steroid dienone is 4. The Morgan fingerprint density at radius 2 is 2.09 bits per heavy atom. The van der Waals surface area contributed by atoms with Gasteiger partial charge in [-0.05, 0) is 69.1 Å². The Balaban J connectivity index is 1.40. The zero-order chi connectivity index (χ0) is 23.6. The van der Waals surface area contributed by atoms with E-state index in [1.807, 2.05) is 26.0 Å². The molecule has 1 aromatic rings. The van der Waals surface area contributed by atoms with Crippen LogP contribution in [0.2, 0.25) is 0 Å². The van der Waals surface area contributed by atoms with E-state index in [4.69, 9.17) is 0 Å². The van der Waals surface area contributed by atoms with E-state index in [-0.39, 0.29) is 40.5 Å². The normalized spacial score (nSPS) is 41.7. The summed E-state index contributed by atoms with van der Waals surface area (Å²) in [5.74, 6) is 0.290. The van der Waals surface area contributed by atoms with Crippen LogP contribution in [0.25, 0.3) is 0 Å². The van der Waals surface area contributed by atoms with Crippen molar-refractivity contribution >= 4 is 23.3 Å². The molecule has 4 aliphatic rings. The zero-order valence-corrected chi connectivity index (χ0v) is 20.3. The third-order valence-corrected chi connectivity index (χ3v) is 10.1. The van der Waals surface area contributed by atoms with E-state index in [1.165, 1.54) is 11.8 Å². The summed E-state index contributed by atoms with van der Waals surface area (Å²) in [6, 6.07) is 1.81. The highest BCUT2D eigenvalue weighted by atomic mass is 32.2. The second-order valence-electron chi connectivity index (χ2n) is 10.8. The first kappa shape index (κ1) is 22.9. The number of carbonyl (C=O) groups excluding carboxylic acids is 2. The zero-order valence-electron chi connectivity index (χ0n) is 19.5. The fourth-order valence-corrected chi connectivity index (χ4v) is 8.38. The molecule has 0 saturated heterocycles. The van der Waals surface area contributed by atoms with Gasteiger partial charge in [-0.2, -0.15) is 0 Å². The summed E-state index contributed by atoms with van der Waals surface area (Å²) in [5.41, 5.74) is -0.538. The van der Waals surface area contributed by atoms with Crippen molar-refractivity contribution in [2.24, 2.45) is 28.6 Å². The van der Waals surface area contributed by atoms with Crippen LogP contribution in [0, 0.1) is 35.5 Å². The number of fused-ring (bicyclic) bond motifs is 5. The standard InChI is InChI=1S/C26H32N2O4S/c1-15-8-11-27-23(28-15)33-14-21(31)26(32)10-7-19-18-5-4-16-12-17(29)6-9-24(16,2)22(18)20(30)13-25(19,26)3/h6,8-9,11-12,18-20,22,30,32H,4-5,7,10,13-14H2,1-3H3/t18-,19-,20-,22+,24-,25-,26-/m0/s1. The number of Topliss-reactive ketones (excluding diaryl/α,β-unsaturated/α-hetero) is 1. The van der Waals surface area contributed by atoms with Crippen LogP contribution in [0.1, 0.15) is 51.6 Å². The molecule has 3 saturated carbocycles. The van der Waals surface area contributed by atoms with Crippen LogP contribution in [0.4, 0.5) is 0 Å². The minimum Gasteiger partial charge on any atom is -0.393 e. The van der Waals surface area contributed by atoms with E-state index in [1.54, 1.807) is 18.3 Å². The van der Waals surface area contributed by atoms with Crippen molar-refractivity contribution in [1.29, 1.82) is 0 Å². The van der Waals surface area contributed by atoms with Gasteiger partial charge in [0, 0.05) is 28.6 Å². The van der Waals surface area contributed by atoms with Gasteiger partial charge in [-0.25, -0.2) is 9.97 Å². The van der Waals surface area contributed by atoms with E-state index in [0.29, 0.717) is 18.0 Å². The van der Waals surface area contributed by atoms with Crippen molar-refractivity contribution in [3.63, 3.8) is 0 Å². The summed E-state index contributed by atoms with van der Waals surface area (Å²) >= 11 is 1.26. The van der Waals surface area contributed by atoms with Crippen molar-refractivity contribution in [1.82, 2.24) is 9.97 Å². The maximum absolute atomic E-state index is 13.4. The van der Waals surface area contributed by atoms with E-state index in [2.05, 4.69) is 16.9 Å². The average Bonchev–Trinajstić information content (AvgIpc) is 3.03. The monoisotopic (exact) mass is 468 g/mol. The van der Waals surface area contributed by atoms with E-state index in [9.17, 15) is 19.8 Å². The Morgan fingerprint density at radius 3 is 2.85 bits per heavy atom. The second kappa shape index (κ2) is 7.85. The second-order valence-corrected chi connectivity index (χ2v) is 11.7. The lowest BCUT2D eigenvalue weighted by Crippen LogP contribution is -2.61. The van der Waals surface area contributed by atoms with Crippen LogP contribution in [0.15, 0.2) is 41.2 Å². The van der Waals surface area contributed by atoms with Gasteiger partial charge >= 0.3 is 0 Å². The average molecular weight is 469 g/mol. The maximum Gasteiger partial charge on any atom is 0.188 e. The Hall–Kier alpha value is -1.83. The van der Waals surface area contributed by atoms with E-state index in [0.717, 1.165) is 30.5 Å². The SMILES string of the molecule is Cc1ccnc(SCC(=O)[C@@]2(O)CC[C@H]3[C@@H]4CCC5=CC(=O)C=C[C@]5(C)[C@H]4[C@@H](O)C[C@@]32C)n1. The highest BCUT2D eigenvalue weighted by Gasteiger charge is 2.67. The van der Waals surface area contributed by atoms with Crippen LogP contribution >= 0.6 is 11.8 Å². The topological polar surface area (TPSA) is 100 Å². The van der Waals surface area contributed by atoms with Crippen molar-refractivity contribution < 1.29 is 19.8 Å². The Kier molecular flexibility index (Phi) is 5.46. The van der Waals surface area contributed by atoms with Gasteiger partial charge in [0.15, 0.2) is 16.7 Å². The lowest BCUT2D eigenvalue weighted by atomic mass is 9.46. The number of aliphatic hydroxyl groups excluding tert-OH is 1. The van der Waals surface area contributed by atoms with Gasteiger partial charge in [0.1, 0.15) is 5.60 Å². The minimum atomic E-state index is -1.46. The first-order chi connectivity index (χ1) is 15.6. The highest BCUT2D eigenvalue weighted by molar-refractivity contribution is 7.99. The van der Waals surface area contributed by atoms with Crippen molar-refractivity contribution in [2.45, 2.75) is 69.7 Å². The molecule has 0 radical (unpaired) electrons. The largest absolute Gasteiger partial charge is 0.393 e. The van der Waals surface area contributed by atoms with Gasteiger partial charge < -0.3 is 10.2 Å². The molecule has 0 amide bonds. The van der Waals surface area contributed by atoms with Crippen LogP contribution in [-0.4, -0.2) is 49.2 Å². The van der Waals surface area contributed by atoms with Crippen LogP contribution < -0.4 is 0 Å². The number of aryl methyl sites for hydroxylation is 1. The number of ketones is 2. The summed E-state index contributed by atoms with van der Waals surface area (Å²) in [5, 5.41) is 23.8. The number of thioether (sulfide) groups is 1. The molecular weight excluding hydrogens is 436 g/mol. The summed E-state index contributed by atoms with van der Waals surface area (Å²) in [4.78, 5) is 34.0. The molecule has 2 N–H and O–H groups in total. The number of hydrogen-bond donors (Lipinski definition) is 2. The molecule has 0 bridgehead atoms. The quantitative estimate of drug-likeness (QED) is 0.516. The molecule has 7 heteroatoms. The number of nitrogens with zero attached hydrogens (tertiary/aromatic N) is 2. The fourth-order valence-electron chi connectivity index (χ4n) is 7.53. The summed E-state index contributed by atoms with van der Waals surface area (Å²) in [6.45, 7) is 6.02. The van der Waals surface area contributed by atoms with Crippen LogP contribution in [0.5, 0.6) is 0 Å². The molecule has 0 unspecified atom stereocenters. The molecule has 4 aliphatic carbocycles. The smallest absolute Gasteiger partial charge is 0.188 e. The molecule has 7 atom stereocenters. The molecule has 5 rings (SSSR count). The van der Waals surface area contributed by atoms with Gasteiger partial charge in [-0.1, -0.05) is 37.3 Å². The number of hydrogen-bond acceptors (Lipinski definition) is 7. The van der Waals surface area contributed by atoms with Gasteiger partial charge in [-0.15, -0.1) is 0 Å². The highest BCUT2D eigenvalue weighted by Crippen LogP contribution is 2.67. The van der Waals surface area contributed by atoms with E-state index >= 15 is 0 Å². The predicted octanol–water partition coefficient (Wildman–Crippen LogP) is 3.46. The Morgan fingerprint density at radius 1 is 1.30 bits per heavy atom. The molecule has 0 aromatic carbocycles. The first-order valence-electron chi connectivity index (χ1n) is 11.9. The van der Waals surface area contributed by atoms with Crippen LogP contribution in [0.3, 0.4) is 0 Å². The first-order valence-corrected chi connectivity index (χ1v) is 12.9. The summed E-state index contributed by atoms with van der Waals surface area (Å²) in [7, 11) is 0. The molecule has 176 valence electrons.